The molecule has 0 saturated carbocycles. The summed E-state index contributed by atoms with van der Waals surface area (Å²) in [7, 11) is 0. The van der Waals surface area contributed by atoms with Gasteiger partial charge in [0.2, 0.25) is 0 Å². The van der Waals surface area contributed by atoms with Gasteiger partial charge in [-0.25, -0.2) is 4.39 Å². The van der Waals surface area contributed by atoms with E-state index in [1.165, 1.54) is 18.2 Å². The van der Waals surface area contributed by atoms with Gasteiger partial charge < -0.3 is 11.1 Å². The number of rotatable bonds is 3. The van der Waals surface area contributed by atoms with E-state index < -0.39 is 22.3 Å². The SMILES string of the molecule is Nc1ccc([N+](=O)[O-])c(C(=O)Nc2c(F)cccc2Cl)c1. The number of hydrogen-bond acceptors (Lipinski definition) is 4. The van der Waals surface area contributed by atoms with Crippen LogP contribution in [0.1, 0.15) is 10.4 Å². The summed E-state index contributed by atoms with van der Waals surface area (Å²) in [6.45, 7) is 0. The van der Waals surface area contributed by atoms with Crippen LogP contribution >= 0.6 is 11.6 Å². The van der Waals surface area contributed by atoms with E-state index in [0.29, 0.717) is 0 Å². The van der Waals surface area contributed by atoms with Crippen LogP contribution in [0.2, 0.25) is 5.02 Å². The van der Waals surface area contributed by atoms with E-state index in [0.717, 1.165) is 18.2 Å². The van der Waals surface area contributed by atoms with Gasteiger partial charge in [0.15, 0.2) is 0 Å². The molecule has 0 saturated heterocycles. The zero-order valence-corrected chi connectivity index (χ0v) is 11.2. The Morgan fingerprint density at radius 1 is 1.33 bits per heavy atom. The monoisotopic (exact) mass is 309 g/mol. The van der Waals surface area contributed by atoms with Gasteiger partial charge in [-0.05, 0) is 24.3 Å². The summed E-state index contributed by atoms with van der Waals surface area (Å²) in [5.74, 6) is -1.62. The molecule has 21 heavy (non-hydrogen) atoms. The summed E-state index contributed by atoms with van der Waals surface area (Å²) >= 11 is 5.78. The van der Waals surface area contributed by atoms with Crippen LogP contribution in [0.25, 0.3) is 0 Å². The summed E-state index contributed by atoms with van der Waals surface area (Å²) < 4.78 is 13.6. The molecule has 0 aliphatic carbocycles. The van der Waals surface area contributed by atoms with Crippen LogP contribution in [0.15, 0.2) is 36.4 Å². The molecule has 0 radical (unpaired) electrons. The lowest BCUT2D eigenvalue weighted by Gasteiger charge is -2.09. The Labute approximate surface area is 123 Å². The first-order valence-corrected chi connectivity index (χ1v) is 6.07. The van der Waals surface area contributed by atoms with Gasteiger partial charge in [-0.2, -0.15) is 0 Å². The number of benzene rings is 2. The number of nitrogens with zero attached hydrogens (tertiary/aromatic N) is 1. The second-order valence-corrected chi connectivity index (χ2v) is 4.49. The second-order valence-electron chi connectivity index (χ2n) is 4.08. The molecule has 0 aliphatic heterocycles. The number of carbonyl (C=O) groups excluding carboxylic acids is 1. The maximum absolute atomic E-state index is 13.6. The first-order valence-electron chi connectivity index (χ1n) is 5.69. The van der Waals surface area contributed by atoms with Crippen molar-refractivity contribution in [2.45, 2.75) is 0 Å². The van der Waals surface area contributed by atoms with Crippen molar-refractivity contribution in [3.8, 4) is 0 Å². The van der Waals surface area contributed by atoms with Gasteiger partial charge in [0.05, 0.1) is 15.6 Å². The third-order valence-electron chi connectivity index (χ3n) is 2.66. The highest BCUT2D eigenvalue weighted by atomic mass is 35.5. The Morgan fingerprint density at radius 3 is 2.67 bits per heavy atom. The Balaban J connectivity index is 2.41. The number of anilines is 2. The molecule has 2 rings (SSSR count). The molecule has 0 spiro atoms. The molecule has 2 aromatic carbocycles. The lowest BCUT2D eigenvalue weighted by Crippen LogP contribution is -2.15. The number of nitrogens with two attached hydrogens (primary N) is 1. The van der Waals surface area contributed by atoms with Gasteiger partial charge in [-0.3, -0.25) is 14.9 Å². The van der Waals surface area contributed by atoms with Crippen LogP contribution < -0.4 is 11.1 Å². The van der Waals surface area contributed by atoms with E-state index in [4.69, 9.17) is 17.3 Å². The van der Waals surface area contributed by atoms with E-state index >= 15 is 0 Å². The van der Waals surface area contributed by atoms with Crippen LogP contribution in [0, 0.1) is 15.9 Å². The summed E-state index contributed by atoms with van der Waals surface area (Å²) in [4.78, 5) is 22.3. The summed E-state index contributed by atoms with van der Waals surface area (Å²) in [5.41, 5.74) is 4.72. The van der Waals surface area contributed by atoms with Crippen LogP contribution in [-0.2, 0) is 0 Å². The fraction of sp³-hybridized carbons (Fsp3) is 0. The lowest BCUT2D eigenvalue weighted by molar-refractivity contribution is -0.385. The fourth-order valence-corrected chi connectivity index (χ4v) is 1.90. The van der Waals surface area contributed by atoms with Gasteiger partial charge in [0.25, 0.3) is 11.6 Å². The van der Waals surface area contributed by atoms with Gasteiger partial charge in [0, 0.05) is 11.8 Å². The van der Waals surface area contributed by atoms with Crippen molar-refractivity contribution in [3.63, 3.8) is 0 Å². The summed E-state index contributed by atoms with van der Waals surface area (Å²) in [5, 5.41) is 13.1. The highest BCUT2D eigenvalue weighted by Gasteiger charge is 2.22. The zero-order chi connectivity index (χ0) is 15.6. The third-order valence-corrected chi connectivity index (χ3v) is 2.98. The average molecular weight is 310 g/mol. The number of amides is 1. The normalized spacial score (nSPS) is 10.2. The van der Waals surface area contributed by atoms with Crippen molar-refractivity contribution in [1.29, 1.82) is 0 Å². The molecular formula is C13H9ClFN3O3. The maximum Gasteiger partial charge on any atom is 0.282 e. The van der Waals surface area contributed by atoms with Gasteiger partial charge in [0.1, 0.15) is 11.4 Å². The number of nitro benzene ring substituents is 1. The number of nitrogen functional groups attached to an aromatic ring is 1. The Hall–Kier alpha value is -2.67. The molecule has 0 aromatic heterocycles. The number of hydrogen-bond donors (Lipinski definition) is 2. The minimum absolute atomic E-state index is 0.0186. The lowest BCUT2D eigenvalue weighted by atomic mass is 10.1. The van der Waals surface area contributed by atoms with Gasteiger partial charge >= 0.3 is 0 Å². The predicted molar refractivity (Wildman–Crippen MR) is 76.9 cm³/mol. The standard InChI is InChI=1S/C13H9ClFN3O3/c14-9-2-1-3-10(15)12(9)17-13(19)8-6-7(16)4-5-11(8)18(20)21/h1-6H,16H2,(H,17,19). The molecule has 0 heterocycles. The smallest absolute Gasteiger partial charge is 0.282 e. The van der Waals surface area contributed by atoms with Gasteiger partial charge in [-0.15, -0.1) is 0 Å². The minimum Gasteiger partial charge on any atom is -0.399 e. The van der Waals surface area contributed by atoms with Crippen LogP contribution in [0.5, 0.6) is 0 Å². The molecule has 0 aliphatic rings. The average Bonchev–Trinajstić information content (AvgIpc) is 2.42. The second kappa shape index (κ2) is 5.76. The molecular weight excluding hydrogens is 301 g/mol. The Kier molecular flexibility index (Phi) is 4.04. The van der Waals surface area contributed by atoms with Crippen molar-refractivity contribution < 1.29 is 14.1 Å². The topological polar surface area (TPSA) is 98.3 Å². The molecule has 2 aromatic rings. The Bertz CT molecular complexity index is 716. The van der Waals surface area contributed by atoms with E-state index in [2.05, 4.69) is 5.32 Å². The van der Waals surface area contributed by atoms with Crippen LogP contribution in [0.4, 0.5) is 21.5 Å². The van der Waals surface area contributed by atoms with Gasteiger partial charge in [-0.1, -0.05) is 17.7 Å². The van der Waals surface area contributed by atoms with Crippen molar-refractivity contribution in [1.82, 2.24) is 0 Å². The van der Waals surface area contributed by atoms with Crippen molar-refractivity contribution in [2.75, 3.05) is 11.1 Å². The summed E-state index contributed by atoms with van der Waals surface area (Å²) in [6, 6.07) is 7.40. The maximum atomic E-state index is 13.6. The van der Waals surface area contributed by atoms with E-state index in [-0.39, 0.29) is 22.0 Å². The number of nitro groups is 1. The quantitative estimate of drug-likeness (QED) is 0.516. The molecule has 6 nitrogen and oxygen atoms in total. The number of para-hydroxylation sites is 1. The molecule has 0 atom stereocenters. The van der Waals surface area contributed by atoms with Crippen molar-refractivity contribution in [3.05, 3.63) is 62.9 Å². The predicted octanol–water partition coefficient (Wildman–Crippen LogP) is 3.22. The highest BCUT2D eigenvalue weighted by Crippen LogP contribution is 2.27. The van der Waals surface area contributed by atoms with Crippen molar-refractivity contribution in [2.24, 2.45) is 0 Å². The van der Waals surface area contributed by atoms with E-state index in [1.54, 1.807) is 0 Å². The van der Waals surface area contributed by atoms with E-state index in [9.17, 15) is 19.3 Å². The number of carbonyl (C=O) groups is 1. The third kappa shape index (κ3) is 3.09. The number of nitrogens with one attached hydrogen (secondary N) is 1. The zero-order valence-electron chi connectivity index (χ0n) is 10.5. The minimum atomic E-state index is -0.874. The molecule has 3 N–H and O–H groups in total. The highest BCUT2D eigenvalue weighted by molar-refractivity contribution is 6.34. The van der Waals surface area contributed by atoms with Crippen molar-refractivity contribution >= 4 is 34.6 Å². The first-order chi connectivity index (χ1) is 9.90. The first kappa shape index (κ1) is 14.7. The molecule has 8 heteroatoms. The molecule has 1 amide bonds. The largest absolute Gasteiger partial charge is 0.399 e. The molecule has 0 bridgehead atoms. The fourth-order valence-electron chi connectivity index (χ4n) is 1.69. The Morgan fingerprint density at radius 2 is 2.05 bits per heavy atom. The molecule has 0 fully saturated rings. The van der Waals surface area contributed by atoms with E-state index in [1.807, 2.05) is 0 Å². The van der Waals surface area contributed by atoms with Crippen LogP contribution in [-0.4, -0.2) is 10.8 Å². The summed E-state index contributed by atoms with van der Waals surface area (Å²) in [6.07, 6.45) is 0. The molecule has 108 valence electrons. The molecule has 0 unspecified atom stereocenters. The number of halogens is 2. The van der Waals surface area contributed by atoms with Crippen LogP contribution in [0.3, 0.4) is 0 Å².